The molecular weight excluding hydrogens is 370 g/mol. The van der Waals surface area contributed by atoms with Gasteiger partial charge in [0.1, 0.15) is 6.61 Å². The van der Waals surface area contributed by atoms with Crippen molar-refractivity contribution in [3.8, 4) is 17.3 Å². The van der Waals surface area contributed by atoms with E-state index >= 15 is 0 Å². The average Bonchev–Trinajstić information content (AvgIpc) is 2.60. The minimum atomic E-state index is -4.67. The second-order valence-corrected chi connectivity index (χ2v) is 6.73. The molecule has 0 amide bonds. The Bertz CT molecular complexity index is 971. The quantitative estimate of drug-likeness (QED) is 0.638. The van der Waals surface area contributed by atoms with Crippen LogP contribution in [0, 0.1) is 0 Å². The molecule has 3 rings (SSSR count). The number of rotatable bonds is 5. The molecule has 0 radical (unpaired) electrons. The molecule has 0 spiro atoms. The van der Waals surface area contributed by atoms with Gasteiger partial charge in [-0.2, -0.15) is 13.4 Å². The number of nitrogens with zero attached hydrogens (tertiary/aromatic N) is 3. The van der Waals surface area contributed by atoms with Gasteiger partial charge in [0, 0.05) is 12.1 Å². The van der Waals surface area contributed by atoms with E-state index in [2.05, 4.69) is 14.9 Å². The van der Waals surface area contributed by atoms with Crippen molar-refractivity contribution < 1.29 is 22.3 Å². The highest BCUT2D eigenvalue weighted by atomic mass is 32.3. The van der Waals surface area contributed by atoms with Crippen LogP contribution < -0.4 is 4.74 Å². The van der Waals surface area contributed by atoms with Crippen molar-refractivity contribution in [2.24, 2.45) is 0 Å². The van der Waals surface area contributed by atoms with Crippen molar-refractivity contribution in [2.75, 3.05) is 27.2 Å². The Morgan fingerprint density at radius 2 is 1.56 bits per heavy atom. The van der Waals surface area contributed by atoms with E-state index in [0.29, 0.717) is 18.3 Å². The molecule has 0 saturated heterocycles. The molecule has 0 atom stereocenters. The largest absolute Gasteiger partial charge is 0.476 e. The van der Waals surface area contributed by atoms with E-state index in [4.69, 9.17) is 22.3 Å². The van der Waals surface area contributed by atoms with Crippen LogP contribution in [0.2, 0.25) is 0 Å². The summed E-state index contributed by atoms with van der Waals surface area (Å²) in [5.41, 5.74) is 1.89. The van der Waals surface area contributed by atoms with Crippen molar-refractivity contribution in [3.63, 3.8) is 0 Å². The number of hydrogen-bond acceptors (Lipinski definition) is 6. The number of likely N-dealkylation sites (N-methyl/N-ethyl adjacent to an activating group) is 1. The average molecular weight is 391 g/mol. The van der Waals surface area contributed by atoms with Gasteiger partial charge < -0.3 is 9.64 Å². The van der Waals surface area contributed by atoms with Crippen LogP contribution in [0.1, 0.15) is 0 Å². The maximum Gasteiger partial charge on any atom is 0.394 e. The Kier molecular flexibility index (Phi) is 7.19. The Balaban J connectivity index is 0.000000465. The normalized spacial score (nSPS) is 11.1. The number of fused-ring (bicyclic) bond motifs is 1. The highest BCUT2D eigenvalue weighted by molar-refractivity contribution is 7.79. The van der Waals surface area contributed by atoms with Gasteiger partial charge in [0.25, 0.3) is 0 Å². The first-order valence-electron chi connectivity index (χ1n) is 8.03. The molecule has 2 N–H and O–H groups in total. The predicted molar refractivity (Wildman–Crippen MR) is 103 cm³/mol. The van der Waals surface area contributed by atoms with Crippen molar-refractivity contribution in [1.29, 1.82) is 0 Å². The molecule has 8 nitrogen and oxygen atoms in total. The van der Waals surface area contributed by atoms with Crippen molar-refractivity contribution in [3.05, 3.63) is 54.6 Å². The highest BCUT2D eigenvalue weighted by Crippen LogP contribution is 2.26. The van der Waals surface area contributed by atoms with Gasteiger partial charge in [-0.05, 0) is 26.2 Å². The summed E-state index contributed by atoms with van der Waals surface area (Å²) in [6, 6.07) is 17.9. The van der Waals surface area contributed by atoms with Crippen molar-refractivity contribution in [2.45, 2.75) is 0 Å². The molecule has 0 fully saturated rings. The summed E-state index contributed by atoms with van der Waals surface area (Å²) in [6.45, 7) is 1.45. The fourth-order valence-corrected chi connectivity index (χ4v) is 2.20. The lowest BCUT2D eigenvalue weighted by atomic mass is 10.2. The molecule has 9 heteroatoms. The van der Waals surface area contributed by atoms with Gasteiger partial charge in [-0.25, -0.2) is 4.98 Å². The first-order valence-corrected chi connectivity index (χ1v) is 9.43. The third-order valence-corrected chi connectivity index (χ3v) is 3.38. The predicted octanol–water partition coefficient (Wildman–Crippen LogP) is 2.58. The first kappa shape index (κ1) is 20.7. The molecule has 0 saturated carbocycles. The minimum absolute atomic E-state index is 0.599. The van der Waals surface area contributed by atoms with Crippen LogP contribution in [0.25, 0.3) is 22.3 Å². The molecule has 1 heterocycles. The zero-order chi connectivity index (χ0) is 19.9. The van der Waals surface area contributed by atoms with Crippen LogP contribution in [0.3, 0.4) is 0 Å². The molecule has 0 unspecified atom stereocenters. The van der Waals surface area contributed by atoms with E-state index < -0.39 is 10.4 Å². The fraction of sp³-hybridized carbons (Fsp3) is 0.222. The number of aromatic nitrogens is 2. The summed E-state index contributed by atoms with van der Waals surface area (Å²) >= 11 is 0. The van der Waals surface area contributed by atoms with E-state index in [1.807, 2.05) is 68.7 Å². The zero-order valence-corrected chi connectivity index (χ0v) is 15.8. The van der Waals surface area contributed by atoms with Gasteiger partial charge >= 0.3 is 10.4 Å². The molecule has 27 heavy (non-hydrogen) atoms. The second kappa shape index (κ2) is 9.38. The van der Waals surface area contributed by atoms with Crippen LogP contribution in [-0.2, 0) is 10.4 Å². The zero-order valence-electron chi connectivity index (χ0n) is 15.0. The summed E-state index contributed by atoms with van der Waals surface area (Å²) in [6.07, 6.45) is 0. The smallest absolute Gasteiger partial charge is 0.394 e. The molecule has 2 aromatic carbocycles. The third kappa shape index (κ3) is 7.27. The van der Waals surface area contributed by atoms with Gasteiger partial charge in [0.15, 0.2) is 5.82 Å². The van der Waals surface area contributed by atoms with Crippen LogP contribution in [-0.4, -0.2) is 59.6 Å². The number of ether oxygens (including phenoxy) is 1. The Morgan fingerprint density at radius 1 is 0.963 bits per heavy atom. The molecular formula is C18H21N3O5S. The van der Waals surface area contributed by atoms with E-state index in [1.54, 1.807) is 0 Å². The molecule has 1 aromatic heterocycles. The van der Waals surface area contributed by atoms with E-state index in [0.717, 1.165) is 23.0 Å². The van der Waals surface area contributed by atoms with Gasteiger partial charge in [-0.15, -0.1) is 0 Å². The summed E-state index contributed by atoms with van der Waals surface area (Å²) in [7, 11) is -0.617. The van der Waals surface area contributed by atoms with Gasteiger partial charge in [0.05, 0.1) is 10.9 Å². The lowest BCUT2D eigenvalue weighted by Crippen LogP contribution is -2.19. The van der Waals surface area contributed by atoms with Gasteiger partial charge in [-0.3, -0.25) is 9.11 Å². The minimum Gasteiger partial charge on any atom is -0.476 e. The molecule has 144 valence electrons. The summed E-state index contributed by atoms with van der Waals surface area (Å²) in [5.74, 6) is 1.34. The van der Waals surface area contributed by atoms with Crippen LogP contribution in [0.5, 0.6) is 5.88 Å². The van der Waals surface area contributed by atoms with Crippen LogP contribution >= 0.6 is 0 Å². The Labute approximate surface area is 158 Å². The first-order chi connectivity index (χ1) is 12.7. The monoisotopic (exact) mass is 391 g/mol. The molecule has 0 aliphatic rings. The fourth-order valence-electron chi connectivity index (χ4n) is 2.20. The van der Waals surface area contributed by atoms with E-state index in [1.165, 1.54) is 0 Å². The van der Waals surface area contributed by atoms with Gasteiger partial charge in [-0.1, -0.05) is 42.5 Å². The van der Waals surface area contributed by atoms with Crippen molar-refractivity contribution in [1.82, 2.24) is 14.9 Å². The third-order valence-electron chi connectivity index (χ3n) is 3.38. The van der Waals surface area contributed by atoms with Gasteiger partial charge in [0.2, 0.25) is 5.88 Å². The molecule has 0 bridgehead atoms. The number of para-hydroxylation sites is 1. The van der Waals surface area contributed by atoms with Crippen LogP contribution in [0.4, 0.5) is 0 Å². The number of benzene rings is 2. The van der Waals surface area contributed by atoms with Crippen LogP contribution in [0.15, 0.2) is 54.6 Å². The number of hydrogen-bond donors (Lipinski definition) is 2. The second-order valence-electron chi connectivity index (χ2n) is 5.84. The maximum absolute atomic E-state index is 8.74. The molecule has 3 aromatic rings. The summed E-state index contributed by atoms with van der Waals surface area (Å²) < 4.78 is 37.5. The summed E-state index contributed by atoms with van der Waals surface area (Å²) in [4.78, 5) is 11.3. The lowest BCUT2D eigenvalue weighted by molar-refractivity contribution is 0.256. The van der Waals surface area contributed by atoms with E-state index in [-0.39, 0.29) is 0 Å². The standard InChI is InChI=1S/C18H19N3O.H2O4S/c1-21(2)12-13-22-18-15-10-6-7-11-16(15)19-17(20-18)14-8-4-3-5-9-14;1-5(2,3)4/h3-11H,12-13H2,1-2H3;(H2,1,2,3,4). The molecule has 0 aliphatic heterocycles. The Hall–Kier alpha value is -2.59. The lowest BCUT2D eigenvalue weighted by Gasteiger charge is -2.13. The highest BCUT2D eigenvalue weighted by Gasteiger charge is 2.10. The Morgan fingerprint density at radius 3 is 2.19 bits per heavy atom. The van der Waals surface area contributed by atoms with E-state index in [9.17, 15) is 0 Å². The molecule has 0 aliphatic carbocycles. The maximum atomic E-state index is 8.74. The summed E-state index contributed by atoms with van der Waals surface area (Å²) in [5, 5.41) is 0.945. The SMILES string of the molecule is CN(C)CCOc1nc(-c2ccccc2)nc2ccccc12.O=S(=O)(O)O. The van der Waals surface area contributed by atoms with Crippen molar-refractivity contribution >= 4 is 21.3 Å². The topological polar surface area (TPSA) is 113 Å².